The molecule has 4 N–H and O–H groups in total. The number of carbonyl (C=O) groups excluding carboxylic acids is 1. The lowest BCUT2D eigenvalue weighted by molar-refractivity contribution is 0.0257. The van der Waals surface area contributed by atoms with Crippen LogP contribution in [0.15, 0.2) is 18.2 Å². The molecule has 2 amide bonds. The summed E-state index contributed by atoms with van der Waals surface area (Å²) in [6, 6.07) is 3.13. The van der Waals surface area contributed by atoms with Crippen LogP contribution in [0.3, 0.4) is 0 Å². The van der Waals surface area contributed by atoms with E-state index >= 15 is 0 Å². The summed E-state index contributed by atoms with van der Waals surface area (Å²) in [7, 11) is 1.53. The number of phenols is 1. The fraction of sp³-hybridized carbons (Fsp3) is 0.385. The van der Waals surface area contributed by atoms with Crippen molar-refractivity contribution in [1.29, 1.82) is 0 Å². The molecular formula is C13H18N2O5. The van der Waals surface area contributed by atoms with E-state index in [1.807, 2.05) is 0 Å². The van der Waals surface area contributed by atoms with E-state index < -0.39 is 17.6 Å². The molecule has 0 aromatic heterocycles. The molecule has 0 atom stereocenters. The predicted molar refractivity (Wildman–Crippen MR) is 73.2 cm³/mol. The zero-order valence-electron chi connectivity index (χ0n) is 11.6. The van der Waals surface area contributed by atoms with E-state index in [0.717, 1.165) is 6.07 Å². The zero-order chi connectivity index (χ0) is 15.3. The van der Waals surface area contributed by atoms with E-state index in [1.54, 1.807) is 13.8 Å². The maximum atomic E-state index is 11.7. The number of methoxy groups -OCH3 is 1. The minimum atomic E-state index is -1.24. The molecule has 0 aliphatic carbocycles. The molecule has 1 aromatic rings. The molecule has 110 valence electrons. The van der Waals surface area contributed by atoms with Crippen molar-refractivity contribution in [3.8, 4) is 5.75 Å². The minimum absolute atomic E-state index is 0.100. The number of carboxylic acid groups (broad SMARTS) is 1. The first kappa shape index (κ1) is 15.8. The Morgan fingerprint density at radius 3 is 2.55 bits per heavy atom. The summed E-state index contributed by atoms with van der Waals surface area (Å²) in [4.78, 5) is 22.7. The normalized spacial score (nSPS) is 10.9. The summed E-state index contributed by atoms with van der Waals surface area (Å²) >= 11 is 0. The maximum Gasteiger partial charge on any atom is 0.337 e. The average Bonchev–Trinajstić information content (AvgIpc) is 2.38. The number of nitrogens with one attached hydrogen (secondary N) is 2. The number of aromatic carboxylic acids is 1. The minimum Gasteiger partial charge on any atom is -0.508 e. The third kappa shape index (κ3) is 4.43. The van der Waals surface area contributed by atoms with Crippen LogP contribution in [0.1, 0.15) is 24.2 Å². The standard InChI is InChI=1S/C13H18N2O5/c1-13(2,20-3)7-14-12(19)15-10-5-4-8(16)6-9(10)11(17)18/h4-6,16H,7H2,1-3H3,(H,17,18)(H2,14,15,19). The van der Waals surface area contributed by atoms with Gasteiger partial charge in [-0.2, -0.15) is 0 Å². The monoisotopic (exact) mass is 282 g/mol. The van der Waals surface area contributed by atoms with Crippen LogP contribution in [0.2, 0.25) is 0 Å². The number of benzene rings is 1. The molecule has 20 heavy (non-hydrogen) atoms. The molecule has 7 nitrogen and oxygen atoms in total. The molecule has 0 spiro atoms. The molecule has 1 aromatic carbocycles. The lowest BCUT2D eigenvalue weighted by Crippen LogP contribution is -2.41. The fourth-order valence-electron chi connectivity index (χ4n) is 1.35. The van der Waals surface area contributed by atoms with Crippen molar-refractivity contribution in [2.24, 2.45) is 0 Å². The van der Waals surface area contributed by atoms with Gasteiger partial charge < -0.3 is 25.6 Å². The Bertz CT molecular complexity index is 513. The highest BCUT2D eigenvalue weighted by Crippen LogP contribution is 2.21. The average molecular weight is 282 g/mol. The van der Waals surface area contributed by atoms with Crippen molar-refractivity contribution in [2.75, 3.05) is 19.0 Å². The van der Waals surface area contributed by atoms with E-state index in [9.17, 15) is 14.7 Å². The van der Waals surface area contributed by atoms with Crippen molar-refractivity contribution >= 4 is 17.7 Å². The van der Waals surface area contributed by atoms with Crippen LogP contribution in [0.4, 0.5) is 10.5 Å². The Balaban J connectivity index is 2.74. The molecule has 0 unspecified atom stereocenters. The summed E-state index contributed by atoms with van der Waals surface area (Å²) in [6.07, 6.45) is 0. The summed E-state index contributed by atoms with van der Waals surface area (Å²) in [5.74, 6) is -1.43. The van der Waals surface area contributed by atoms with Gasteiger partial charge in [0, 0.05) is 13.7 Å². The van der Waals surface area contributed by atoms with Crippen molar-refractivity contribution in [1.82, 2.24) is 5.32 Å². The Kier molecular flexibility index (Phi) is 4.93. The molecule has 0 aliphatic heterocycles. The molecule has 0 saturated heterocycles. The second-order valence-corrected chi connectivity index (χ2v) is 4.81. The van der Waals surface area contributed by atoms with Crippen LogP contribution in [-0.2, 0) is 4.74 Å². The van der Waals surface area contributed by atoms with Crippen LogP contribution in [0.25, 0.3) is 0 Å². The molecule has 7 heteroatoms. The number of amides is 2. The number of phenolic OH excluding ortho intramolecular Hbond substituents is 1. The van der Waals surface area contributed by atoms with Gasteiger partial charge in [-0.05, 0) is 32.0 Å². The lowest BCUT2D eigenvalue weighted by Gasteiger charge is -2.23. The summed E-state index contributed by atoms with van der Waals surface area (Å²) in [6.45, 7) is 3.86. The largest absolute Gasteiger partial charge is 0.508 e. The third-order valence-corrected chi connectivity index (χ3v) is 2.71. The highest BCUT2D eigenvalue weighted by molar-refractivity contribution is 6.00. The number of urea groups is 1. The molecular weight excluding hydrogens is 264 g/mol. The van der Waals surface area contributed by atoms with Gasteiger partial charge >= 0.3 is 12.0 Å². The van der Waals surface area contributed by atoms with Crippen LogP contribution >= 0.6 is 0 Å². The van der Waals surface area contributed by atoms with Gasteiger partial charge in [-0.15, -0.1) is 0 Å². The van der Waals surface area contributed by atoms with E-state index in [0.29, 0.717) is 0 Å². The fourth-order valence-corrected chi connectivity index (χ4v) is 1.35. The van der Waals surface area contributed by atoms with Gasteiger partial charge in [0.05, 0.1) is 16.9 Å². The number of anilines is 1. The number of rotatable bonds is 5. The number of hydrogen-bond donors (Lipinski definition) is 4. The van der Waals surface area contributed by atoms with E-state index in [1.165, 1.54) is 19.2 Å². The van der Waals surface area contributed by atoms with E-state index in [4.69, 9.17) is 9.84 Å². The highest BCUT2D eigenvalue weighted by Gasteiger charge is 2.18. The summed E-state index contributed by atoms with van der Waals surface area (Å²) < 4.78 is 5.15. The molecule has 0 aliphatic rings. The van der Waals surface area contributed by atoms with Crippen molar-refractivity contribution < 1.29 is 24.5 Å². The first-order valence-corrected chi connectivity index (χ1v) is 5.91. The van der Waals surface area contributed by atoms with Gasteiger partial charge in [0.2, 0.25) is 0 Å². The zero-order valence-corrected chi connectivity index (χ0v) is 11.6. The quantitative estimate of drug-likeness (QED) is 0.614. The summed E-state index contributed by atoms with van der Waals surface area (Å²) in [5, 5.41) is 23.2. The smallest absolute Gasteiger partial charge is 0.337 e. The second-order valence-electron chi connectivity index (χ2n) is 4.81. The van der Waals surface area contributed by atoms with E-state index in [-0.39, 0.29) is 23.5 Å². The predicted octanol–water partition coefficient (Wildman–Crippen LogP) is 1.64. The van der Waals surface area contributed by atoms with Crippen LogP contribution in [-0.4, -0.2) is 41.5 Å². The SMILES string of the molecule is COC(C)(C)CNC(=O)Nc1ccc(O)cc1C(=O)O. The molecule has 0 bridgehead atoms. The van der Waals surface area contributed by atoms with Crippen LogP contribution in [0.5, 0.6) is 5.75 Å². The van der Waals surface area contributed by atoms with Gasteiger partial charge in [-0.25, -0.2) is 9.59 Å². The number of carboxylic acids is 1. The topological polar surface area (TPSA) is 108 Å². The maximum absolute atomic E-state index is 11.7. The summed E-state index contributed by atoms with van der Waals surface area (Å²) in [5.41, 5.74) is -0.615. The van der Waals surface area contributed by atoms with Crippen molar-refractivity contribution in [3.63, 3.8) is 0 Å². The molecule has 1 rings (SSSR count). The third-order valence-electron chi connectivity index (χ3n) is 2.71. The van der Waals surface area contributed by atoms with Crippen molar-refractivity contribution in [3.05, 3.63) is 23.8 Å². The molecule has 0 fully saturated rings. The number of carbonyl (C=O) groups is 2. The van der Waals surface area contributed by atoms with Gasteiger partial charge in [0.25, 0.3) is 0 Å². The Hall–Kier alpha value is -2.28. The van der Waals surface area contributed by atoms with Gasteiger partial charge in [0.15, 0.2) is 0 Å². The highest BCUT2D eigenvalue weighted by atomic mass is 16.5. The number of aromatic hydroxyl groups is 1. The van der Waals surface area contributed by atoms with Crippen LogP contribution < -0.4 is 10.6 Å². The van der Waals surface area contributed by atoms with Crippen LogP contribution in [0, 0.1) is 0 Å². The second kappa shape index (κ2) is 6.25. The van der Waals surface area contributed by atoms with Gasteiger partial charge in [0.1, 0.15) is 5.75 Å². The first-order valence-electron chi connectivity index (χ1n) is 5.91. The molecule has 0 heterocycles. The van der Waals surface area contributed by atoms with E-state index in [2.05, 4.69) is 10.6 Å². The van der Waals surface area contributed by atoms with Crippen molar-refractivity contribution in [2.45, 2.75) is 19.4 Å². The van der Waals surface area contributed by atoms with Gasteiger partial charge in [-0.3, -0.25) is 0 Å². The molecule has 0 saturated carbocycles. The molecule has 0 radical (unpaired) electrons. The lowest BCUT2D eigenvalue weighted by atomic mass is 10.1. The Morgan fingerprint density at radius 1 is 1.35 bits per heavy atom. The van der Waals surface area contributed by atoms with Gasteiger partial charge in [-0.1, -0.05) is 0 Å². The number of ether oxygens (including phenoxy) is 1. The Morgan fingerprint density at radius 2 is 2.00 bits per heavy atom. The first-order chi connectivity index (χ1) is 9.25. The Labute approximate surface area is 116 Å². The number of hydrogen-bond acceptors (Lipinski definition) is 4.